The molecule has 0 aliphatic heterocycles. The van der Waals surface area contributed by atoms with Crippen molar-refractivity contribution < 1.29 is 4.74 Å². The molecule has 0 unspecified atom stereocenters. The molecule has 0 bridgehead atoms. The molecule has 1 N–H and O–H groups in total. The van der Waals surface area contributed by atoms with Gasteiger partial charge in [-0.2, -0.15) is 0 Å². The minimum absolute atomic E-state index is 0.188. The van der Waals surface area contributed by atoms with Crippen LogP contribution in [0.5, 0.6) is 5.88 Å². The van der Waals surface area contributed by atoms with Gasteiger partial charge in [0.05, 0.1) is 18.1 Å². The number of ether oxygens (including phenoxy) is 1. The zero-order valence-corrected chi connectivity index (χ0v) is 11.4. The van der Waals surface area contributed by atoms with E-state index in [1.807, 2.05) is 13.8 Å². The first-order chi connectivity index (χ1) is 7.93. The standard InChI is InChI=1S/C13H23N3O/c1-6-13(4,5)17-12-9-15-11(8-16-12)7-14-10(2)3/h8-10,14H,6-7H2,1-5H3. The van der Waals surface area contributed by atoms with Gasteiger partial charge in [0, 0.05) is 12.6 Å². The van der Waals surface area contributed by atoms with Gasteiger partial charge in [0.15, 0.2) is 0 Å². The molecular formula is C13H23N3O. The monoisotopic (exact) mass is 237 g/mol. The van der Waals surface area contributed by atoms with Crippen molar-refractivity contribution in [2.75, 3.05) is 0 Å². The molecule has 17 heavy (non-hydrogen) atoms. The summed E-state index contributed by atoms with van der Waals surface area (Å²) in [5.41, 5.74) is 0.743. The van der Waals surface area contributed by atoms with Gasteiger partial charge < -0.3 is 10.1 Å². The van der Waals surface area contributed by atoms with E-state index < -0.39 is 0 Å². The molecule has 0 radical (unpaired) electrons. The van der Waals surface area contributed by atoms with Crippen LogP contribution in [-0.2, 0) is 6.54 Å². The molecule has 1 heterocycles. The Morgan fingerprint density at radius 2 is 2.00 bits per heavy atom. The van der Waals surface area contributed by atoms with Gasteiger partial charge in [-0.05, 0) is 20.3 Å². The highest BCUT2D eigenvalue weighted by Crippen LogP contribution is 2.17. The van der Waals surface area contributed by atoms with E-state index in [2.05, 4.69) is 36.1 Å². The summed E-state index contributed by atoms with van der Waals surface area (Å²) in [4.78, 5) is 8.58. The van der Waals surface area contributed by atoms with Gasteiger partial charge in [-0.15, -0.1) is 0 Å². The van der Waals surface area contributed by atoms with E-state index in [9.17, 15) is 0 Å². The lowest BCUT2D eigenvalue weighted by molar-refractivity contribution is 0.0983. The second-order valence-electron chi connectivity index (χ2n) is 5.10. The molecule has 0 aromatic carbocycles. The maximum absolute atomic E-state index is 5.74. The van der Waals surface area contributed by atoms with E-state index in [4.69, 9.17) is 4.74 Å². The van der Waals surface area contributed by atoms with E-state index in [1.54, 1.807) is 12.4 Å². The first kappa shape index (κ1) is 13.9. The minimum atomic E-state index is -0.188. The van der Waals surface area contributed by atoms with Gasteiger partial charge in [0.2, 0.25) is 5.88 Å². The first-order valence-electron chi connectivity index (χ1n) is 6.16. The number of aromatic nitrogens is 2. The lowest BCUT2D eigenvalue weighted by Crippen LogP contribution is -2.27. The Kier molecular flexibility index (Phi) is 4.87. The molecule has 0 atom stereocenters. The highest BCUT2D eigenvalue weighted by molar-refractivity contribution is 5.08. The van der Waals surface area contributed by atoms with Crippen molar-refractivity contribution in [1.82, 2.24) is 15.3 Å². The predicted molar refractivity (Wildman–Crippen MR) is 69.0 cm³/mol. The summed E-state index contributed by atoms with van der Waals surface area (Å²) in [6.07, 6.45) is 4.39. The van der Waals surface area contributed by atoms with E-state index >= 15 is 0 Å². The van der Waals surface area contributed by atoms with Crippen molar-refractivity contribution in [3.8, 4) is 5.88 Å². The number of nitrogens with one attached hydrogen (secondary N) is 1. The van der Waals surface area contributed by atoms with Crippen LogP contribution in [0.1, 0.15) is 46.7 Å². The highest BCUT2D eigenvalue weighted by Gasteiger charge is 2.17. The highest BCUT2D eigenvalue weighted by atomic mass is 16.5. The normalized spacial score (nSPS) is 11.9. The number of hydrogen-bond acceptors (Lipinski definition) is 4. The lowest BCUT2D eigenvalue weighted by Gasteiger charge is -2.23. The molecule has 1 aromatic heterocycles. The third kappa shape index (κ3) is 5.13. The molecular weight excluding hydrogens is 214 g/mol. The third-order valence-electron chi connectivity index (χ3n) is 2.61. The molecule has 1 rings (SSSR count). The third-order valence-corrected chi connectivity index (χ3v) is 2.61. The molecule has 0 aliphatic rings. The Hall–Kier alpha value is -1.16. The Bertz CT molecular complexity index is 333. The minimum Gasteiger partial charge on any atom is -0.471 e. The van der Waals surface area contributed by atoms with Crippen molar-refractivity contribution in [3.05, 3.63) is 18.1 Å². The summed E-state index contributed by atoms with van der Waals surface area (Å²) in [5, 5.41) is 3.30. The molecule has 1 aromatic rings. The maximum Gasteiger partial charge on any atom is 0.232 e. The molecule has 96 valence electrons. The van der Waals surface area contributed by atoms with Crippen LogP contribution in [0, 0.1) is 0 Å². The number of nitrogens with zero attached hydrogens (tertiary/aromatic N) is 2. The summed E-state index contributed by atoms with van der Waals surface area (Å²) in [5.74, 6) is 0.588. The quantitative estimate of drug-likeness (QED) is 0.826. The van der Waals surface area contributed by atoms with Crippen molar-refractivity contribution in [2.45, 2.75) is 59.2 Å². The summed E-state index contributed by atoms with van der Waals surface area (Å²) >= 11 is 0. The maximum atomic E-state index is 5.74. The molecule has 0 saturated heterocycles. The van der Waals surface area contributed by atoms with Gasteiger partial charge in [-0.3, -0.25) is 4.98 Å². The van der Waals surface area contributed by atoms with Gasteiger partial charge in [-0.1, -0.05) is 20.8 Å². The van der Waals surface area contributed by atoms with E-state index in [0.29, 0.717) is 11.9 Å². The van der Waals surface area contributed by atoms with E-state index in [0.717, 1.165) is 18.7 Å². The summed E-state index contributed by atoms with van der Waals surface area (Å²) < 4.78 is 5.74. The fourth-order valence-corrected chi connectivity index (χ4v) is 1.15. The topological polar surface area (TPSA) is 47.0 Å². The Balaban J connectivity index is 2.56. The Morgan fingerprint density at radius 1 is 1.29 bits per heavy atom. The zero-order chi connectivity index (χ0) is 12.9. The lowest BCUT2D eigenvalue weighted by atomic mass is 10.1. The van der Waals surface area contributed by atoms with Crippen LogP contribution in [0.15, 0.2) is 12.4 Å². The number of hydrogen-bond donors (Lipinski definition) is 1. The van der Waals surface area contributed by atoms with Crippen LogP contribution in [0.3, 0.4) is 0 Å². The largest absolute Gasteiger partial charge is 0.471 e. The molecule has 0 fully saturated rings. The van der Waals surface area contributed by atoms with Gasteiger partial charge in [0.1, 0.15) is 5.60 Å². The SMILES string of the molecule is CCC(C)(C)Oc1cnc(CNC(C)C)cn1. The smallest absolute Gasteiger partial charge is 0.232 e. The van der Waals surface area contributed by atoms with Crippen molar-refractivity contribution in [2.24, 2.45) is 0 Å². The van der Waals surface area contributed by atoms with E-state index in [1.165, 1.54) is 0 Å². The average Bonchev–Trinajstić information content (AvgIpc) is 2.28. The van der Waals surface area contributed by atoms with Crippen LogP contribution in [0.2, 0.25) is 0 Å². The van der Waals surface area contributed by atoms with Gasteiger partial charge in [-0.25, -0.2) is 4.98 Å². The summed E-state index contributed by atoms with van der Waals surface area (Å²) in [6.45, 7) is 11.1. The molecule has 4 heteroatoms. The Labute approximate surface area is 104 Å². The molecule has 4 nitrogen and oxygen atoms in total. The van der Waals surface area contributed by atoms with Crippen molar-refractivity contribution in [1.29, 1.82) is 0 Å². The van der Waals surface area contributed by atoms with Crippen LogP contribution >= 0.6 is 0 Å². The molecule has 0 saturated carbocycles. The predicted octanol–water partition coefficient (Wildman–Crippen LogP) is 2.54. The fraction of sp³-hybridized carbons (Fsp3) is 0.692. The molecule has 0 aliphatic carbocycles. The van der Waals surface area contributed by atoms with Crippen LogP contribution in [-0.4, -0.2) is 21.6 Å². The van der Waals surface area contributed by atoms with Crippen LogP contribution < -0.4 is 10.1 Å². The second-order valence-corrected chi connectivity index (χ2v) is 5.10. The van der Waals surface area contributed by atoms with Crippen LogP contribution in [0.25, 0.3) is 0 Å². The summed E-state index contributed by atoms with van der Waals surface area (Å²) in [6, 6.07) is 0.451. The first-order valence-corrected chi connectivity index (χ1v) is 6.16. The molecule has 0 spiro atoms. The van der Waals surface area contributed by atoms with Crippen molar-refractivity contribution in [3.63, 3.8) is 0 Å². The van der Waals surface area contributed by atoms with Gasteiger partial charge >= 0.3 is 0 Å². The average molecular weight is 237 g/mol. The molecule has 0 amide bonds. The fourth-order valence-electron chi connectivity index (χ4n) is 1.15. The summed E-state index contributed by atoms with van der Waals surface area (Å²) in [7, 11) is 0. The van der Waals surface area contributed by atoms with E-state index in [-0.39, 0.29) is 5.60 Å². The Morgan fingerprint density at radius 3 is 2.47 bits per heavy atom. The van der Waals surface area contributed by atoms with Crippen LogP contribution in [0.4, 0.5) is 0 Å². The zero-order valence-electron chi connectivity index (χ0n) is 11.4. The number of rotatable bonds is 6. The second kappa shape index (κ2) is 5.96. The van der Waals surface area contributed by atoms with Gasteiger partial charge in [0.25, 0.3) is 0 Å². The van der Waals surface area contributed by atoms with Crippen molar-refractivity contribution >= 4 is 0 Å².